The van der Waals surface area contributed by atoms with Gasteiger partial charge in [0, 0.05) is 5.54 Å². The van der Waals surface area contributed by atoms with Crippen LogP contribution in [-0.2, 0) is 0 Å². The Labute approximate surface area is 135 Å². The first-order chi connectivity index (χ1) is 10.4. The molecule has 0 amide bonds. The molecule has 114 valence electrons. The molecule has 0 fully saturated rings. The van der Waals surface area contributed by atoms with Crippen LogP contribution in [0, 0.1) is 13.8 Å². The van der Waals surface area contributed by atoms with E-state index in [1.54, 1.807) is 0 Å². The Kier molecular flexibility index (Phi) is 3.83. The lowest BCUT2D eigenvalue weighted by Gasteiger charge is -2.29. The van der Waals surface area contributed by atoms with E-state index in [0.717, 1.165) is 0 Å². The van der Waals surface area contributed by atoms with Gasteiger partial charge in [0.05, 0.1) is 0 Å². The number of aryl methyl sites for hydroxylation is 2. The van der Waals surface area contributed by atoms with Crippen molar-refractivity contribution in [1.82, 2.24) is 4.98 Å². The molecule has 1 aliphatic rings. The quantitative estimate of drug-likeness (QED) is 0.803. The van der Waals surface area contributed by atoms with Crippen molar-refractivity contribution in [2.45, 2.75) is 32.5 Å². The molecule has 0 heterocycles. The highest BCUT2D eigenvalue weighted by Crippen LogP contribution is 2.43. The lowest BCUT2D eigenvalue weighted by atomic mass is 9.95. The molecule has 1 N–H and O–H groups in total. The number of benzene rings is 2. The lowest BCUT2D eigenvalue weighted by Crippen LogP contribution is -2.47. The molecule has 1 nitrogen and oxygen atoms in total. The SMILES string of the molecule is CN[Si](C)(C)C1C=C(c2ccccc2)c2cc(C)c(C)cc21. The monoisotopic (exact) mass is 307 g/mol. The summed E-state index contributed by atoms with van der Waals surface area (Å²) >= 11 is 0. The summed E-state index contributed by atoms with van der Waals surface area (Å²) in [7, 11) is 0.576. The summed E-state index contributed by atoms with van der Waals surface area (Å²) in [6.45, 7) is 9.27. The normalized spacial score (nSPS) is 17.3. The van der Waals surface area contributed by atoms with Crippen LogP contribution in [0.1, 0.15) is 33.4 Å². The topological polar surface area (TPSA) is 12.0 Å². The molecule has 0 spiro atoms. The second-order valence-electron chi connectivity index (χ2n) is 6.92. The van der Waals surface area contributed by atoms with Crippen molar-refractivity contribution in [3.8, 4) is 0 Å². The fourth-order valence-electron chi connectivity index (χ4n) is 3.30. The molecule has 3 rings (SSSR count). The van der Waals surface area contributed by atoms with E-state index in [2.05, 4.69) is 87.5 Å². The van der Waals surface area contributed by atoms with Crippen molar-refractivity contribution in [1.29, 1.82) is 0 Å². The van der Waals surface area contributed by atoms with Gasteiger partial charge in [0.15, 0.2) is 0 Å². The smallest absolute Gasteiger partial charge is 0.130 e. The van der Waals surface area contributed by atoms with Crippen molar-refractivity contribution >= 4 is 13.8 Å². The number of hydrogen-bond acceptors (Lipinski definition) is 1. The zero-order chi connectivity index (χ0) is 15.9. The third-order valence-electron chi connectivity index (χ3n) is 5.13. The first kappa shape index (κ1) is 15.3. The van der Waals surface area contributed by atoms with E-state index >= 15 is 0 Å². The van der Waals surface area contributed by atoms with Crippen molar-refractivity contribution in [2.75, 3.05) is 7.05 Å². The Hall–Kier alpha value is -1.64. The van der Waals surface area contributed by atoms with Crippen molar-refractivity contribution in [3.05, 3.63) is 76.4 Å². The summed E-state index contributed by atoms with van der Waals surface area (Å²) in [6.07, 6.45) is 2.50. The Morgan fingerprint density at radius 3 is 2.23 bits per heavy atom. The first-order valence-electron chi connectivity index (χ1n) is 8.01. The third kappa shape index (κ3) is 2.47. The van der Waals surface area contributed by atoms with Crippen LogP contribution in [0.2, 0.25) is 13.1 Å². The van der Waals surface area contributed by atoms with Crippen molar-refractivity contribution in [3.63, 3.8) is 0 Å². The summed E-state index contributed by atoms with van der Waals surface area (Å²) in [5, 5.41) is 0. The van der Waals surface area contributed by atoms with Gasteiger partial charge >= 0.3 is 0 Å². The first-order valence-corrected chi connectivity index (χ1v) is 11.1. The van der Waals surface area contributed by atoms with Crippen LogP contribution in [0.5, 0.6) is 0 Å². The Balaban J connectivity index is 2.21. The molecule has 1 aliphatic carbocycles. The van der Waals surface area contributed by atoms with Gasteiger partial charge in [0.25, 0.3) is 0 Å². The molecule has 0 aromatic heterocycles. The predicted octanol–water partition coefficient (Wildman–Crippen LogP) is 4.80. The summed E-state index contributed by atoms with van der Waals surface area (Å²) in [4.78, 5) is 3.62. The number of allylic oxidation sites excluding steroid dienone is 1. The van der Waals surface area contributed by atoms with E-state index in [1.807, 2.05) is 0 Å². The van der Waals surface area contributed by atoms with Gasteiger partial charge in [-0.25, -0.2) is 0 Å². The Morgan fingerprint density at radius 2 is 1.59 bits per heavy atom. The van der Waals surface area contributed by atoms with Crippen LogP contribution in [0.4, 0.5) is 0 Å². The van der Waals surface area contributed by atoms with Gasteiger partial charge in [-0.05, 0) is 54.3 Å². The summed E-state index contributed by atoms with van der Waals surface area (Å²) in [5.41, 5.74) is 8.97. The van der Waals surface area contributed by atoms with E-state index in [9.17, 15) is 0 Å². The van der Waals surface area contributed by atoms with E-state index < -0.39 is 8.24 Å². The minimum Gasteiger partial charge on any atom is -0.340 e. The van der Waals surface area contributed by atoms with Crippen LogP contribution in [0.15, 0.2) is 48.5 Å². The number of hydrogen-bond donors (Lipinski definition) is 1. The standard InChI is InChI=1S/C20H25NSi/c1-14-11-18-17(16-9-7-6-8-10-16)13-20(22(4,5)21-3)19(18)12-15(14)2/h6-13,20-21H,1-5H3. The van der Waals surface area contributed by atoms with E-state index in [0.29, 0.717) is 5.54 Å². The number of fused-ring (bicyclic) bond motifs is 1. The van der Waals surface area contributed by atoms with Gasteiger partial charge in [0.1, 0.15) is 8.24 Å². The van der Waals surface area contributed by atoms with Gasteiger partial charge in [-0.2, -0.15) is 0 Å². The number of nitrogens with one attached hydrogen (secondary N) is 1. The highest BCUT2D eigenvalue weighted by atomic mass is 28.3. The molecule has 0 saturated heterocycles. The van der Waals surface area contributed by atoms with Gasteiger partial charge in [-0.1, -0.05) is 61.6 Å². The summed E-state index contributed by atoms with van der Waals surface area (Å²) < 4.78 is 0. The highest BCUT2D eigenvalue weighted by molar-refractivity contribution is 6.77. The zero-order valence-corrected chi connectivity index (χ0v) is 15.2. The molecule has 0 bridgehead atoms. The van der Waals surface area contributed by atoms with Crippen LogP contribution in [0.3, 0.4) is 0 Å². The van der Waals surface area contributed by atoms with Crippen LogP contribution < -0.4 is 4.98 Å². The molecule has 2 aromatic rings. The molecule has 1 unspecified atom stereocenters. The molecule has 0 radical (unpaired) electrons. The van der Waals surface area contributed by atoms with Crippen LogP contribution >= 0.6 is 0 Å². The molecule has 0 saturated carbocycles. The van der Waals surface area contributed by atoms with E-state index in [4.69, 9.17) is 0 Å². The van der Waals surface area contributed by atoms with Gasteiger partial charge in [-0.15, -0.1) is 0 Å². The molecule has 2 aromatic carbocycles. The molecular formula is C20H25NSi. The molecule has 22 heavy (non-hydrogen) atoms. The van der Waals surface area contributed by atoms with Crippen molar-refractivity contribution in [2.24, 2.45) is 0 Å². The Morgan fingerprint density at radius 1 is 0.955 bits per heavy atom. The second-order valence-corrected chi connectivity index (χ2v) is 11.5. The molecule has 0 aliphatic heterocycles. The zero-order valence-electron chi connectivity index (χ0n) is 14.2. The fraction of sp³-hybridized carbons (Fsp3) is 0.300. The highest BCUT2D eigenvalue weighted by Gasteiger charge is 2.36. The minimum absolute atomic E-state index is 0.530. The average molecular weight is 308 g/mol. The van der Waals surface area contributed by atoms with Gasteiger partial charge in [0.2, 0.25) is 0 Å². The maximum Gasteiger partial charge on any atom is 0.130 e. The summed E-state index contributed by atoms with van der Waals surface area (Å²) in [6, 6.07) is 15.6. The largest absolute Gasteiger partial charge is 0.340 e. The molecule has 1 atom stereocenters. The molecule has 2 heteroatoms. The van der Waals surface area contributed by atoms with Crippen LogP contribution in [0.25, 0.3) is 5.57 Å². The lowest BCUT2D eigenvalue weighted by molar-refractivity contribution is 1.03. The van der Waals surface area contributed by atoms with Gasteiger partial charge in [-0.3, -0.25) is 0 Å². The molecular weight excluding hydrogens is 282 g/mol. The van der Waals surface area contributed by atoms with Crippen LogP contribution in [-0.4, -0.2) is 15.3 Å². The van der Waals surface area contributed by atoms with Crippen molar-refractivity contribution < 1.29 is 0 Å². The maximum absolute atomic E-state index is 3.62. The summed E-state index contributed by atoms with van der Waals surface area (Å²) in [5.74, 6) is 0. The van der Waals surface area contributed by atoms with E-state index in [1.165, 1.54) is 33.4 Å². The maximum atomic E-state index is 3.62. The fourth-order valence-corrected chi connectivity index (χ4v) is 5.21. The third-order valence-corrected chi connectivity index (χ3v) is 8.45. The number of rotatable bonds is 3. The average Bonchev–Trinajstić information content (AvgIpc) is 2.88. The van der Waals surface area contributed by atoms with Gasteiger partial charge < -0.3 is 4.98 Å². The predicted molar refractivity (Wildman–Crippen MR) is 98.7 cm³/mol. The van der Waals surface area contributed by atoms with E-state index in [-0.39, 0.29) is 0 Å². The minimum atomic E-state index is -1.54. The Bertz CT molecular complexity index is 729. The second kappa shape index (κ2) is 5.53.